The Bertz CT molecular complexity index is 802. The number of hydrogen-bond donors (Lipinski definition) is 1. The van der Waals surface area contributed by atoms with Crippen LogP contribution in [0.4, 0.5) is 5.69 Å². The SMILES string of the molecule is COc1ccc(C)cc1N([C@H](C)C(=O)NCCC1=CCCCC1)S(C)(=O)=O. The van der Waals surface area contributed by atoms with Crippen LogP contribution in [-0.2, 0) is 14.8 Å². The average molecular weight is 395 g/mol. The molecule has 1 aromatic carbocycles. The third-order valence-corrected chi connectivity index (χ3v) is 6.02. The van der Waals surface area contributed by atoms with E-state index in [2.05, 4.69) is 11.4 Å². The second-order valence-electron chi connectivity index (χ2n) is 7.06. The van der Waals surface area contributed by atoms with Gasteiger partial charge in [0.1, 0.15) is 11.8 Å². The predicted octanol–water partition coefficient (Wildman–Crippen LogP) is 3.16. The molecule has 0 saturated heterocycles. The summed E-state index contributed by atoms with van der Waals surface area (Å²) in [6.45, 7) is 3.97. The highest BCUT2D eigenvalue weighted by atomic mass is 32.2. The van der Waals surface area contributed by atoms with Gasteiger partial charge in [-0.05, 0) is 63.6 Å². The van der Waals surface area contributed by atoms with Gasteiger partial charge in [0.05, 0.1) is 19.1 Å². The number of aryl methyl sites for hydroxylation is 1. The predicted molar refractivity (Wildman–Crippen MR) is 109 cm³/mol. The van der Waals surface area contributed by atoms with Gasteiger partial charge < -0.3 is 10.1 Å². The van der Waals surface area contributed by atoms with Gasteiger partial charge >= 0.3 is 0 Å². The number of ether oxygens (including phenoxy) is 1. The number of allylic oxidation sites excluding steroid dienone is 1. The lowest BCUT2D eigenvalue weighted by molar-refractivity contribution is -0.121. The number of methoxy groups -OCH3 is 1. The van der Waals surface area contributed by atoms with Gasteiger partial charge in [-0.1, -0.05) is 17.7 Å². The summed E-state index contributed by atoms with van der Waals surface area (Å²) in [5.74, 6) is 0.0958. The molecule has 150 valence electrons. The van der Waals surface area contributed by atoms with Crippen molar-refractivity contribution in [2.45, 2.75) is 52.0 Å². The Balaban J connectivity index is 2.15. The summed E-state index contributed by atoms with van der Waals surface area (Å²) >= 11 is 0. The molecule has 0 spiro atoms. The molecule has 1 amide bonds. The van der Waals surface area contributed by atoms with Gasteiger partial charge in [0, 0.05) is 6.54 Å². The average Bonchev–Trinajstić information content (AvgIpc) is 2.61. The maximum atomic E-state index is 12.7. The van der Waals surface area contributed by atoms with E-state index in [9.17, 15) is 13.2 Å². The van der Waals surface area contributed by atoms with Crippen molar-refractivity contribution in [3.63, 3.8) is 0 Å². The summed E-state index contributed by atoms with van der Waals surface area (Å²) in [6, 6.07) is 4.39. The van der Waals surface area contributed by atoms with Crippen LogP contribution in [-0.4, -0.2) is 40.3 Å². The number of carbonyl (C=O) groups is 1. The first-order chi connectivity index (χ1) is 12.7. The van der Waals surface area contributed by atoms with Crippen LogP contribution in [0.1, 0.15) is 44.6 Å². The molecule has 27 heavy (non-hydrogen) atoms. The van der Waals surface area contributed by atoms with E-state index in [-0.39, 0.29) is 5.91 Å². The highest BCUT2D eigenvalue weighted by Crippen LogP contribution is 2.32. The van der Waals surface area contributed by atoms with Gasteiger partial charge in [-0.3, -0.25) is 9.10 Å². The Kier molecular flexibility index (Phi) is 7.30. The zero-order valence-electron chi connectivity index (χ0n) is 16.6. The molecule has 0 saturated carbocycles. The minimum Gasteiger partial charge on any atom is -0.495 e. The summed E-state index contributed by atoms with van der Waals surface area (Å²) in [6.07, 6.45) is 8.78. The lowest BCUT2D eigenvalue weighted by Gasteiger charge is -2.29. The first-order valence-electron chi connectivity index (χ1n) is 9.33. The Morgan fingerprint density at radius 3 is 2.67 bits per heavy atom. The van der Waals surface area contributed by atoms with Crippen molar-refractivity contribution in [2.75, 3.05) is 24.2 Å². The molecule has 0 bridgehead atoms. The van der Waals surface area contributed by atoms with E-state index in [0.717, 1.165) is 35.4 Å². The van der Waals surface area contributed by atoms with Gasteiger partial charge in [-0.2, -0.15) is 0 Å². The molecule has 0 radical (unpaired) electrons. The van der Waals surface area contributed by atoms with Crippen LogP contribution >= 0.6 is 0 Å². The van der Waals surface area contributed by atoms with Gasteiger partial charge in [0.2, 0.25) is 15.9 Å². The summed E-state index contributed by atoms with van der Waals surface area (Å²) in [7, 11) is -2.19. The quantitative estimate of drug-likeness (QED) is 0.687. The van der Waals surface area contributed by atoms with E-state index in [1.165, 1.54) is 25.5 Å². The van der Waals surface area contributed by atoms with Crippen LogP contribution in [0.25, 0.3) is 0 Å². The van der Waals surface area contributed by atoms with Crippen molar-refractivity contribution in [2.24, 2.45) is 0 Å². The van der Waals surface area contributed by atoms with E-state index in [1.54, 1.807) is 19.1 Å². The van der Waals surface area contributed by atoms with Crippen LogP contribution < -0.4 is 14.4 Å². The van der Waals surface area contributed by atoms with Gasteiger partial charge in [-0.25, -0.2) is 8.42 Å². The van der Waals surface area contributed by atoms with E-state index < -0.39 is 16.1 Å². The number of hydrogen-bond acceptors (Lipinski definition) is 4. The Morgan fingerprint density at radius 1 is 1.33 bits per heavy atom. The molecule has 2 rings (SSSR count). The van der Waals surface area contributed by atoms with Crippen LogP contribution in [0, 0.1) is 6.92 Å². The molecule has 1 atom stereocenters. The molecule has 1 N–H and O–H groups in total. The largest absolute Gasteiger partial charge is 0.495 e. The maximum Gasteiger partial charge on any atom is 0.243 e. The monoisotopic (exact) mass is 394 g/mol. The molecule has 0 aliphatic heterocycles. The summed E-state index contributed by atoms with van der Waals surface area (Å²) in [5.41, 5.74) is 2.63. The van der Waals surface area contributed by atoms with Crippen molar-refractivity contribution in [3.8, 4) is 5.75 Å². The number of nitrogens with one attached hydrogen (secondary N) is 1. The van der Waals surface area contributed by atoms with Crippen molar-refractivity contribution in [3.05, 3.63) is 35.4 Å². The highest BCUT2D eigenvalue weighted by Gasteiger charge is 2.31. The normalized spacial score (nSPS) is 15.6. The molecule has 0 heterocycles. The Labute approximate surface area is 162 Å². The first kappa shape index (κ1) is 21.3. The molecule has 7 heteroatoms. The number of anilines is 1. The first-order valence-corrected chi connectivity index (χ1v) is 11.2. The molecule has 6 nitrogen and oxygen atoms in total. The van der Waals surface area contributed by atoms with Gasteiger partial charge in [-0.15, -0.1) is 0 Å². The molecular weight excluding hydrogens is 364 g/mol. The van der Waals surface area contributed by atoms with Crippen LogP contribution in [0.3, 0.4) is 0 Å². The van der Waals surface area contributed by atoms with E-state index in [0.29, 0.717) is 18.0 Å². The third-order valence-electron chi connectivity index (χ3n) is 4.79. The lowest BCUT2D eigenvalue weighted by atomic mass is 9.97. The summed E-state index contributed by atoms with van der Waals surface area (Å²) in [5, 5.41) is 2.88. The van der Waals surface area contributed by atoms with Crippen molar-refractivity contribution in [1.29, 1.82) is 0 Å². The number of amides is 1. The van der Waals surface area contributed by atoms with Gasteiger partial charge in [0.15, 0.2) is 0 Å². The molecule has 0 fully saturated rings. The van der Waals surface area contributed by atoms with Crippen LogP contribution in [0.2, 0.25) is 0 Å². The molecule has 0 aromatic heterocycles. The van der Waals surface area contributed by atoms with Crippen LogP contribution in [0.5, 0.6) is 5.75 Å². The molecule has 1 aliphatic rings. The molecule has 1 aliphatic carbocycles. The molecule has 0 unspecified atom stereocenters. The van der Waals surface area contributed by atoms with Gasteiger partial charge in [0.25, 0.3) is 0 Å². The fourth-order valence-corrected chi connectivity index (χ4v) is 4.55. The fourth-order valence-electron chi connectivity index (χ4n) is 3.38. The zero-order valence-corrected chi connectivity index (χ0v) is 17.4. The van der Waals surface area contributed by atoms with E-state index in [4.69, 9.17) is 4.74 Å². The summed E-state index contributed by atoms with van der Waals surface area (Å²) < 4.78 is 31.4. The van der Waals surface area contributed by atoms with Crippen molar-refractivity contribution in [1.82, 2.24) is 5.32 Å². The van der Waals surface area contributed by atoms with Crippen molar-refractivity contribution < 1.29 is 17.9 Å². The minimum atomic E-state index is -3.68. The molecular formula is C20H30N2O4S. The fraction of sp³-hybridized carbons (Fsp3) is 0.550. The topological polar surface area (TPSA) is 75.7 Å². The second kappa shape index (κ2) is 9.26. The summed E-state index contributed by atoms with van der Waals surface area (Å²) in [4.78, 5) is 12.7. The molecule has 1 aromatic rings. The second-order valence-corrected chi connectivity index (χ2v) is 8.92. The standard InChI is InChI=1S/C20H30N2O4S/c1-15-10-11-19(26-3)18(14-15)22(27(4,24)25)16(2)20(23)21-13-12-17-8-6-5-7-9-17/h8,10-11,14,16H,5-7,9,12-13H2,1-4H3,(H,21,23)/t16-/m1/s1. The third kappa shape index (κ3) is 5.73. The van der Waals surface area contributed by atoms with Crippen LogP contribution in [0.15, 0.2) is 29.8 Å². The number of rotatable bonds is 8. The smallest absolute Gasteiger partial charge is 0.243 e. The minimum absolute atomic E-state index is 0.319. The number of nitrogens with zero attached hydrogens (tertiary/aromatic N) is 1. The number of carbonyl (C=O) groups excluding carboxylic acids is 1. The lowest BCUT2D eigenvalue weighted by Crippen LogP contribution is -2.48. The zero-order chi connectivity index (χ0) is 20.0. The Hall–Kier alpha value is -2.02. The van der Waals surface area contributed by atoms with E-state index in [1.807, 2.05) is 13.0 Å². The van der Waals surface area contributed by atoms with E-state index >= 15 is 0 Å². The van der Waals surface area contributed by atoms with Crippen molar-refractivity contribution >= 4 is 21.6 Å². The highest BCUT2D eigenvalue weighted by molar-refractivity contribution is 7.92. The Morgan fingerprint density at radius 2 is 2.07 bits per heavy atom. The number of benzene rings is 1. The maximum absolute atomic E-state index is 12.7. The number of sulfonamides is 1.